The first-order chi connectivity index (χ1) is 8.22. The Labute approximate surface area is 107 Å². The summed E-state index contributed by atoms with van der Waals surface area (Å²) >= 11 is 3.42. The van der Waals surface area contributed by atoms with Crippen molar-refractivity contribution in [1.82, 2.24) is 15.2 Å². The molecule has 1 heterocycles. The fourth-order valence-corrected chi connectivity index (χ4v) is 2.62. The molecular formula is C12H11BrFN3. The zero-order chi connectivity index (χ0) is 11.9. The van der Waals surface area contributed by atoms with Gasteiger partial charge in [-0.2, -0.15) is 5.10 Å². The Kier molecular flexibility index (Phi) is 2.50. The van der Waals surface area contributed by atoms with E-state index in [1.54, 1.807) is 0 Å². The molecule has 1 aliphatic carbocycles. The molecule has 0 spiro atoms. The fourth-order valence-electron chi connectivity index (χ4n) is 2.22. The molecule has 2 aromatic rings. The zero-order valence-electron chi connectivity index (χ0n) is 9.03. The van der Waals surface area contributed by atoms with Crippen LogP contribution in [0.2, 0.25) is 0 Å². The van der Waals surface area contributed by atoms with Gasteiger partial charge in [-0.05, 0) is 30.5 Å². The summed E-state index contributed by atoms with van der Waals surface area (Å²) in [5.74, 6) is 0.322. The molecule has 0 aliphatic heterocycles. The van der Waals surface area contributed by atoms with E-state index in [9.17, 15) is 4.39 Å². The second-order valence-corrected chi connectivity index (χ2v) is 5.32. The highest BCUT2D eigenvalue weighted by Crippen LogP contribution is 2.57. The molecule has 0 radical (unpaired) electrons. The van der Waals surface area contributed by atoms with Gasteiger partial charge in [-0.25, -0.2) is 9.37 Å². The van der Waals surface area contributed by atoms with Crippen LogP contribution in [0.4, 0.5) is 4.39 Å². The summed E-state index contributed by atoms with van der Waals surface area (Å²) in [6.07, 6.45) is 1.94. The quantitative estimate of drug-likeness (QED) is 0.944. The van der Waals surface area contributed by atoms with Crippen molar-refractivity contribution in [2.75, 3.05) is 0 Å². The van der Waals surface area contributed by atoms with Crippen LogP contribution >= 0.6 is 15.9 Å². The third-order valence-electron chi connectivity index (χ3n) is 3.35. The first-order valence-electron chi connectivity index (χ1n) is 5.48. The van der Waals surface area contributed by atoms with Gasteiger partial charge in [0, 0.05) is 9.89 Å². The lowest BCUT2D eigenvalue weighted by Crippen LogP contribution is -2.16. The molecule has 1 saturated carbocycles. The minimum absolute atomic E-state index is 0.322. The number of nitrogens with zero attached hydrogens (tertiary/aromatic N) is 2. The summed E-state index contributed by atoms with van der Waals surface area (Å²) in [7, 11) is 0. The SMILES string of the molecule is FC(c1ncn[nH]1)C1(c2cccc(Br)c2)CC1. The number of halogens is 2. The van der Waals surface area contributed by atoms with E-state index in [1.807, 2.05) is 24.3 Å². The van der Waals surface area contributed by atoms with Crippen LogP contribution < -0.4 is 0 Å². The van der Waals surface area contributed by atoms with Crippen molar-refractivity contribution < 1.29 is 4.39 Å². The Morgan fingerprint density at radius 3 is 2.82 bits per heavy atom. The lowest BCUT2D eigenvalue weighted by molar-refractivity contribution is 0.259. The van der Waals surface area contributed by atoms with Crippen LogP contribution in [0.5, 0.6) is 0 Å². The molecule has 3 nitrogen and oxygen atoms in total. The number of hydrogen-bond acceptors (Lipinski definition) is 2. The molecule has 0 bridgehead atoms. The van der Waals surface area contributed by atoms with Crippen molar-refractivity contribution in [1.29, 1.82) is 0 Å². The van der Waals surface area contributed by atoms with Crippen molar-refractivity contribution in [2.45, 2.75) is 24.4 Å². The smallest absolute Gasteiger partial charge is 0.168 e. The van der Waals surface area contributed by atoms with Crippen molar-refractivity contribution >= 4 is 15.9 Å². The fraction of sp³-hybridized carbons (Fsp3) is 0.333. The first kappa shape index (κ1) is 10.9. The lowest BCUT2D eigenvalue weighted by atomic mass is 9.90. The average molecular weight is 296 g/mol. The lowest BCUT2D eigenvalue weighted by Gasteiger charge is -2.19. The summed E-state index contributed by atoms with van der Waals surface area (Å²) in [5.41, 5.74) is 0.610. The van der Waals surface area contributed by atoms with Crippen molar-refractivity contribution in [2.24, 2.45) is 0 Å². The van der Waals surface area contributed by atoms with Gasteiger partial charge in [0.05, 0.1) is 0 Å². The highest BCUT2D eigenvalue weighted by molar-refractivity contribution is 9.10. The van der Waals surface area contributed by atoms with Crippen LogP contribution in [0, 0.1) is 0 Å². The summed E-state index contributed by atoms with van der Waals surface area (Å²) in [6.45, 7) is 0. The minimum atomic E-state index is -1.11. The maximum absolute atomic E-state index is 14.5. The molecule has 5 heteroatoms. The van der Waals surface area contributed by atoms with Gasteiger partial charge in [0.15, 0.2) is 12.0 Å². The molecule has 1 unspecified atom stereocenters. The average Bonchev–Trinajstić information content (AvgIpc) is 2.96. The number of nitrogens with one attached hydrogen (secondary N) is 1. The standard InChI is InChI=1S/C12H11BrFN3/c13-9-3-1-2-8(6-9)12(4-5-12)10(14)11-15-7-16-17-11/h1-3,6-7,10H,4-5H2,(H,15,16,17). The van der Waals surface area contributed by atoms with Crippen molar-refractivity contribution in [3.8, 4) is 0 Å². The Hall–Kier alpha value is -1.23. The maximum Gasteiger partial charge on any atom is 0.168 e. The van der Waals surface area contributed by atoms with Gasteiger partial charge in [0.25, 0.3) is 0 Å². The monoisotopic (exact) mass is 295 g/mol. The van der Waals surface area contributed by atoms with Crippen LogP contribution in [0.15, 0.2) is 35.1 Å². The highest BCUT2D eigenvalue weighted by atomic mass is 79.9. The largest absolute Gasteiger partial charge is 0.261 e. The number of rotatable bonds is 3. The summed E-state index contributed by atoms with van der Waals surface area (Å²) < 4.78 is 15.5. The molecule has 1 aliphatic rings. The summed E-state index contributed by atoms with van der Waals surface area (Å²) in [5, 5.41) is 6.33. The van der Waals surface area contributed by atoms with Gasteiger partial charge in [-0.1, -0.05) is 28.1 Å². The van der Waals surface area contributed by atoms with E-state index in [2.05, 4.69) is 31.1 Å². The number of hydrogen-bond donors (Lipinski definition) is 1. The first-order valence-corrected chi connectivity index (χ1v) is 6.27. The van der Waals surface area contributed by atoms with Gasteiger partial charge >= 0.3 is 0 Å². The molecule has 3 rings (SSSR count). The van der Waals surface area contributed by atoms with Gasteiger partial charge in [0.2, 0.25) is 0 Å². The zero-order valence-corrected chi connectivity index (χ0v) is 10.6. The second kappa shape index (κ2) is 3.91. The summed E-state index contributed by atoms with van der Waals surface area (Å²) in [4.78, 5) is 3.92. The number of H-pyrrole nitrogens is 1. The highest BCUT2D eigenvalue weighted by Gasteiger charge is 2.53. The Morgan fingerprint density at radius 2 is 2.24 bits per heavy atom. The van der Waals surface area contributed by atoms with Crippen LogP contribution in [-0.2, 0) is 5.41 Å². The van der Waals surface area contributed by atoms with Crippen LogP contribution in [0.1, 0.15) is 30.4 Å². The number of alkyl halides is 1. The Balaban J connectivity index is 1.97. The topological polar surface area (TPSA) is 41.6 Å². The van der Waals surface area contributed by atoms with Crippen molar-refractivity contribution in [3.05, 3.63) is 46.5 Å². The molecular weight excluding hydrogens is 285 g/mol. The molecule has 1 atom stereocenters. The van der Waals surface area contributed by atoms with E-state index >= 15 is 0 Å². The van der Waals surface area contributed by atoms with E-state index in [-0.39, 0.29) is 0 Å². The van der Waals surface area contributed by atoms with E-state index < -0.39 is 11.6 Å². The van der Waals surface area contributed by atoms with E-state index in [0.29, 0.717) is 5.82 Å². The summed E-state index contributed by atoms with van der Waals surface area (Å²) in [6, 6.07) is 7.84. The number of aromatic nitrogens is 3. The number of benzene rings is 1. The van der Waals surface area contributed by atoms with Crippen molar-refractivity contribution in [3.63, 3.8) is 0 Å². The van der Waals surface area contributed by atoms with Gasteiger partial charge < -0.3 is 0 Å². The Morgan fingerprint density at radius 1 is 1.41 bits per heavy atom. The molecule has 0 amide bonds. The maximum atomic E-state index is 14.5. The van der Waals surface area contributed by atoms with Gasteiger partial charge in [0.1, 0.15) is 6.33 Å². The van der Waals surface area contributed by atoms with Crippen LogP contribution in [0.25, 0.3) is 0 Å². The molecule has 1 N–H and O–H groups in total. The third-order valence-corrected chi connectivity index (χ3v) is 3.84. The molecule has 1 fully saturated rings. The predicted octanol–water partition coefficient (Wildman–Crippen LogP) is 3.31. The normalized spacial score (nSPS) is 18.9. The van der Waals surface area contributed by atoms with Gasteiger partial charge in [-0.15, -0.1) is 0 Å². The van der Waals surface area contributed by atoms with Gasteiger partial charge in [-0.3, -0.25) is 5.10 Å². The minimum Gasteiger partial charge on any atom is -0.261 e. The second-order valence-electron chi connectivity index (χ2n) is 4.40. The third kappa shape index (κ3) is 1.78. The van der Waals surface area contributed by atoms with Crippen LogP contribution in [0.3, 0.4) is 0 Å². The molecule has 17 heavy (non-hydrogen) atoms. The van der Waals surface area contributed by atoms with E-state index in [1.165, 1.54) is 6.33 Å². The molecule has 1 aromatic carbocycles. The molecule has 88 valence electrons. The molecule has 0 saturated heterocycles. The Bertz CT molecular complexity index is 522. The predicted molar refractivity (Wildman–Crippen MR) is 65.3 cm³/mol. The van der Waals surface area contributed by atoms with E-state index in [4.69, 9.17) is 0 Å². The van der Waals surface area contributed by atoms with Crippen LogP contribution in [-0.4, -0.2) is 15.2 Å². The van der Waals surface area contributed by atoms with E-state index in [0.717, 1.165) is 22.9 Å². The number of aromatic amines is 1. The molecule has 1 aromatic heterocycles.